The maximum Gasteiger partial charge on any atom is 0.229 e. The van der Waals surface area contributed by atoms with Crippen molar-refractivity contribution < 1.29 is 9.59 Å². The second kappa shape index (κ2) is 6.45. The molecule has 1 heterocycles. The van der Waals surface area contributed by atoms with Crippen molar-refractivity contribution >= 4 is 35.0 Å². The van der Waals surface area contributed by atoms with Crippen LogP contribution >= 0.6 is 23.2 Å². The molecule has 6 heteroatoms. The highest BCUT2D eigenvalue weighted by Crippen LogP contribution is 2.21. The fourth-order valence-corrected chi connectivity index (χ4v) is 2.10. The molecule has 1 aliphatic rings. The van der Waals surface area contributed by atoms with Crippen molar-refractivity contribution in [1.82, 2.24) is 10.6 Å². The predicted molar refractivity (Wildman–Crippen MR) is 68.1 cm³/mol. The molecule has 1 aliphatic heterocycles. The summed E-state index contributed by atoms with van der Waals surface area (Å²) in [4.78, 5) is 23.3. The smallest absolute Gasteiger partial charge is 0.229 e. The van der Waals surface area contributed by atoms with Gasteiger partial charge < -0.3 is 10.6 Å². The molecular weight excluding hydrogens is 263 g/mol. The van der Waals surface area contributed by atoms with Crippen molar-refractivity contribution in [2.45, 2.75) is 38.8 Å². The van der Waals surface area contributed by atoms with Gasteiger partial charge in [0.2, 0.25) is 11.8 Å². The quantitative estimate of drug-likeness (QED) is 0.769. The molecule has 0 unspecified atom stereocenters. The van der Waals surface area contributed by atoms with E-state index in [4.69, 9.17) is 23.2 Å². The van der Waals surface area contributed by atoms with E-state index < -0.39 is 5.41 Å². The van der Waals surface area contributed by atoms with Crippen LogP contribution in [-0.4, -0.2) is 29.7 Å². The summed E-state index contributed by atoms with van der Waals surface area (Å²) in [7, 11) is 0. The van der Waals surface area contributed by atoms with Crippen LogP contribution in [0.25, 0.3) is 0 Å². The summed E-state index contributed by atoms with van der Waals surface area (Å²) in [6.07, 6.45) is 2.75. The van der Waals surface area contributed by atoms with Gasteiger partial charge in [-0.2, -0.15) is 0 Å². The molecule has 0 radical (unpaired) electrons. The molecule has 98 valence electrons. The highest BCUT2D eigenvalue weighted by Gasteiger charge is 2.33. The zero-order valence-electron chi connectivity index (χ0n) is 9.89. The van der Waals surface area contributed by atoms with Gasteiger partial charge >= 0.3 is 0 Å². The van der Waals surface area contributed by atoms with Gasteiger partial charge in [-0.25, -0.2) is 0 Å². The van der Waals surface area contributed by atoms with E-state index >= 15 is 0 Å². The van der Waals surface area contributed by atoms with Crippen LogP contribution in [0.2, 0.25) is 0 Å². The summed E-state index contributed by atoms with van der Waals surface area (Å²) in [6.45, 7) is 1.71. The van der Waals surface area contributed by atoms with E-state index in [1.807, 2.05) is 0 Å². The zero-order chi connectivity index (χ0) is 12.9. The Bertz CT molecular complexity index is 293. The molecule has 17 heavy (non-hydrogen) atoms. The molecule has 0 saturated carbocycles. The van der Waals surface area contributed by atoms with E-state index in [9.17, 15) is 9.59 Å². The number of amides is 2. The van der Waals surface area contributed by atoms with Gasteiger partial charge in [0, 0.05) is 18.2 Å². The highest BCUT2D eigenvalue weighted by molar-refractivity contribution is 6.24. The molecule has 2 amide bonds. The second-order valence-corrected chi connectivity index (χ2v) is 5.20. The van der Waals surface area contributed by atoms with Crippen LogP contribution in [0, 0.1) is 5.41 Å². The first kappa shape index (κ1) is 14.6. The summed E-state index contributed by atoms with van der Waals surface area (Å²) < 4.78 is 0. The maximum atomic E-state index is 12.0. The van der Waals surface area contributed by atoms with E-state index in [1.54, 1.807) is 6.92 Å². The number of hydrogen-bond donors (Lipinski definition) is 2. The largest absolute Gasteiger partial charge is 0.336 e. The van der Waals surface area contributed by atoms with Crippen molar-refractivity contribution in [2.75, 3.05) is 11.8 Å². The van der Waals surface area contributed by atoms with E-state index in [-0.39, 0.29) is 29.7 Å². The number of rotatable bonds is 4. The molecule has 1 atom stereocenters. The number of alkyl halides is 2. The van der Waals surface area contributed by atoms with Gasteiger partial charge in [0.05, 0.1) is 5.41 Å². The average molecular weight is 281 g/mol. The summed E-state index contributed by atoms with van der Waals surface area (Å²) in [5.74, 6) is 0.0763. The minimum atomic E-state index is -0.792. The number of carbonyl (C=O) groups is 2. The van der Waals surface area contributed by atoms with Crippen LogP contribution in [-0.2, 0) is 9.59 Å². The Morgan fingerprint density at radius 1 is 1.47 bits per heavy atom. The molecule has 1 rings (SSSR count). The monoisotopic (exact) mass is 280 g/mol. The first-order chi connectivity index (χ1) is 8.01. The van der Waals surface area contributed by atoms with Crippen LogP contribution in [0.3, 0.4) is 0 Å². The SMILES string of the molecule is CC(CCl)(CCl)C(=O)N[C@H]1CCCCC(=O)N1. The average Bonchev–Trinajstić information content (AvgIpc) is 2.52. The topological polar surface area (TPSA) is 58.2 Å². The summed E-state index contributed by atoms with van der Waals surface area (Å²) >= 11 is 11.5. The normalized spacial score (nSPS) is 21.6. The van der Waals surface area contributed by atoms with Crippen LogP contribution in [0.5, 0.6) is 0 Å². The lowest BCUT2D eigenvalue weighted by molar-refractivity contribution is -0.129. The van der Waals surface area contributed by atoms with Gasteiger partial charge in [-0.15, -0.1) is 23.2 Å². The number of halogens is 2. The van der Waals surface area contributed by atoms with Gasteiger partial charge in [0.15, 0.2) is 0 Å². The minimum absolute atomic E-state index is 0.0220. The summed E-state index contributed by atoms with van der Waals surface area (Å²) in [5.41, 5.74) is -0.792. The number of nitrogens with one attached hydrogen (secondary N) is 2. The highest BCUT2D eigenvalue weighted by atomic mass is 35.5. The third-order valence-corrected chi connectivity index (χ3v) is 4.10. The Labute approximate surface area is 111 Å². The van der Waals surface area contributed by atoms with Gasteiger partial charge in [0.25, 0.3) is 0 Å². The third-order valence-electron chi connectivity index (χ3n) is 2.93. The molecule has 0 bridgehead atoms. The molecule has 4 nitrogen and oxygen atoms in total. The van der Waals surface area contributed by atoms with E-state index in [1.165, 1.54) is 0 Å². The second-order valence-electron chi connectivity index (χ2n) is 4.67. The molecular formula is C11H18Cl2N2O2. The number of carbonyl (C=O) groups excluding carboxylic acids is 2. The lowest BCUT2D eigenvalue weighted by Gasteiger charge is -2.27. The Morgan fingerprint density at radius 2 is 2.12 bits per heavy atom. The van der Waals surface area contributed by atoms with Gasteiger partial charge in [-0.1, -0.05) is 0 Å². The van der Waals surface area contributed by atoms with E-state index in [0.29, 0.717) is 6.42 Å². The molecule has 1 saturated heterocycles. The van der Waals surface area contributed by atoms with Gasteiger partial charge in [-0.3, -0.25) is 9.59 Å². The Kier molecular flexibility index (Phi) is 5.53. The lowest BCUT2D eigenvalue weighted by atomic mass is 9.94. The van der Waals surface area contributed by atoms with Crippen molar-refractivity contribution in [2.24, 2.45) is 5.41 Å². The predicted octanol–water partition coefficient (Wildman–Crippen LogP) is 1.60. The van der Waals surface area contributed by atoms with Crippen LogP contribution in [0.4, 0.5) is 0 Å². The fourth-order valence-electron chi connectivity index (χ4n) is 1.57. The Balaban J connectivity index is 2.57. The molecule has 0 aromatic heterocycles. The standard InChI is InChI=1S/C11H18Cl2N2O2/c1-11(6-12,7-13)10(17)15-8-4-2-3-5-9(16)14-8/h8H,2-7H2,1H3,(H,14,16)(H,15,17)/t8-/m0/s1. The lowest BCUT2D eigenvalue weighted by Crippen LogP contribution is -2.52. The van der Waals surface area contributed by atoms with Crippen molar-refractivity contribution in [1.29, 1.82) is 0 Å². The fraction of sp³-hybridized carbons (Fsp3) is 0.818. The Hall–Kier alpha value is -0.480. The van der Waals surface area contributed by atoms with Gasteiger partial charge in [-0.05, 0) is 26.2 Å². The maximum absolute atomic E-state index is 12.0. The molecule has 0 aliphatic carbocycles. The summed E-state index contributed by atoms with van der Waals surface area (Å²) in [5, 5.41) is 5.56. The molecule has 1 fully saturated rings. The molecule has 2 N–H and O–H groups in total. The first-order valence-electron chi connectivity index (χ1n) is 5.74. The zero-order valence-corrected chi connectivity index (χ0v) is 11.4. The Morgan fingerprint density at radius 3 is 2.71 bits per heavy atom. The van der Waals surface area contributed by atoms with E-state index in [0.717, 1.165) is 19.3 Å². The minimum Gasteiger partial charge on any atom is -0.336 e. The third kappa shape index (κ3) is 4.03. The summed E-state index contributed by atoms with van der Waals surface area (Å²) in [6, 6.07) is 0. The van der Waals surface area contributed by atoms with Crippen LogP contribution in [0.15, 0.2) is 0 Å². The van der Waals surface area contributed by atoms with Crippen LogP contribution < -0.4 is 10.6 Å². The van der Waals surface area contributed by atoms with E-state index in [2.05, 4.69) is 10.6 Å². The van der Waals surface area contributed by atoms with Crippen molar-refractivity contribution in [3.63, 3.8) is 0 Å². The molecule has 0 aromatic carbocycles. The number of hydrogen-bond acceptors (Lipinski definition) is 2. The van der Waals surface area contributed by atoms with Crippen molar-refractivity contribution in [3.8, 4) is 0 Å². The molecule has 0 spiro atoms. The van der Waals surface area contributed by atoms with Crippen LogP contribution in [0.1, 0.15) is 32.6 Å². The molecule has 0 aromatic rings. The first-order valence-corrected chi connectivity index (χ1v) is 6.81. The van der Waals surface area contributed by atoms with Gasteiger partial charge in [0.1, 0.15) is 6.17 Å². The van der Waals surface area contributed by atoms with Crippen molar-refractivity contribution in [3.05, 3.63) is 0 Å².